The average Bonchev–Trinajstić information content (AvgIpc) is 2.88. The second-order valence-corrected chi connectivity index (χ2v) is 13.5. The summed E-state index contributed by atoms with van der Waals surface area (Å²) in [7, 11) is -2.80. The van der Waals surface area contributed by atoms with Gasteiger partial charge in [-0.05, 0) is 102 Å². The fraction of sp³-hybridized carbons (Fsp3) is 0.452. The Kier molecular flexibility index (Phi) is 11.6. The normalized spacial score (nSPS) is 13.7. The molecular formula is C31H41FN4O5S. The predicted octanol–water partition coefficient (Wildman–Crippen LogP) is 6.55. The monoisotopic (exact) mass is 600 g/mol. The van der Waals surface area contributed by atoms with Gasteiger partial charge in [0.25, 0.3) is 6.41 Å². The van der Waals surface area contributed by atoms with Crippen LogP contribution in [0.15, 0.2) is 52.0 Å². The maximum Gasteiger partial charge on any atom is 0.264 e. The van der Waals surface area contributed by atoms with E-state index in [1.54, 1.807) is 57.3 Å². The smallest absolute Gasteiger partial charge is 0.264 e. The Balaban J connectivity index is 1.50. The van der Waals surface area contributed by atoms with E-state index in [1.807, 2.05) is 13.8 Å². The molecule has 2 aromatic carbocycles. The fourth-order valence-corrected chi connectivity index (χ4v) is 5.40. The van der Waals surface area contributed by atoms with E-state index in [-0.39, 0.29) is 11.5 Å². The third kappa shape index (κ3) is 10.8. The molecular weight excluding hydrogens is 559 g/mol. The van der Waals surface area contributed by atoms with E-state index in [1.165, 1.54) is 12.3 Å². The number of ether oxygens (including phenoxy) is 3. The van der Waals surface area contributed by atoms with Gasteiger partial charge in [-0.15, -0.1) is 0 Å². The van der Waals surface area contributed by atoms with Crippen molar-refractivity contribution in [1.82, 2.24) is 9.97 Å². The molecule has 11 heteroatoms. The first-order chi connectivity index (χ1) is 19.7. The Morgan fingerprint density at radius 2 is 1.79 bits per heavy atom. The van der Waals surface area contributed by atoms with Gasteiger partial charge in [0, 0.05) is 24.1 Å². The van der Waals surface area contributed by atoms with Gasteiger partial charge >= 0.3 is 0 Å². The van der Waals surface area contributed by atoms with Crippen LogP contribution < -0.4 is 9.47 Å². The molecule has 9 nitrogen and oxygen atoms in total. The number of aliphatic hydroxyl groups excluding tert-OH is 1. The summed E-state index contributed by atoms with van der Waals surface area (Å²) in [5.74, 6) is 1.08. The van der Waals surface area contributed by atoms with Gasteiger partial charge in [-0.2, -0.15) is 4.36 Å². The predicted molar refractivity (Wildman–Crippen MR) is 164 cm³/mol. The summed E-state index contributed by atoms with van der Waals surface area (Å²) < 4.78 is 48.4. The number of aromatic nitrogens is 2. The quantitative estimate of drug-likeness (QED) is 0.127. The minimum Gasteiger partial charge on any atom is -0.494 e. The number of halogens is 1. The summed E-state index contributed by atoms with van der Waals surface area (Å²) in [6, 6.07) is 10.0. The molecule has 0 bridgehead atoms. The number of aliphatic hydroxyl groups is 1. The highest BCUT2D eigenvalue weighted by Gasteiger charge is 2.18. The first kappa shape index (κ1) is 33.1. The Morgan fingerprint density at radius 1 is 1.07 bits per heavy atom. The third-order valence-electron chi connectivity index (χ3n) is 5.95. The number of unbranched alkanes of at least 4 members (excludes halogenated alkanes) is 2. The molecule has 42 heavy (non-hydrogen) atoms. The highest BCUT2D eigenvalue weighted by atomic mass is 32.2. The molecule has 0 aliphatic rings. The summed E-state index contributed by atoms with van der Waals surface area (Å²) in [6.45, 7) is 13.5. The van der Waals surface area contributed by atoms with Gasteiger partial charge in [0.2, 0.25) is 0 Å². The summed E-state index contributed by atoms with van der Waals surface area (Å²) in [5.41, 5.74) is 3.08. The van der Waals surface area contributed by atoms with Crippen molar-refractivity contribution in [2.45, 2.75) is 71.6 Å². The van der Waals surface area contributed by atoms with Crippen molar-refractivity contribution >= 4 is 22.1 Å². The van der Waals surface area contributed by atoms with Gasteiger partial charge in [0.15, 0.2) is 11.6 Å². The van der Waals surface area contributed by atoms with E-state index in [2.05, 4.69) is 26.0 Å². The molecule has 0 spiro atoms. The highest BCUT2D eigenvalue weighted by Crippen LogP contribution is 2.28. The van der Waals surface area contributed by atoms with E-state index in [0.717, 1.165) is 36.1 Å². The lowest BCUT2D eigenvalue weighted by atomic mass is 10.1. The average molecular weight is 601 g/mol. The first-order valence-electron chi connectivity index (χ1n) is 13.8. The van der Waals surface area contributed by atoms with E-state index >= 15 is 0 Å². The standard InChI is InChI=1S/C31H41FN4O5S/c1-21-19-34-22(2)35-29(21)24-11-12-27(32)28(17-24)40-14-10-8-9-13-39-26-16-23(15-25(18-26)33-6)20-42(7,38)36-30(37)41-31(3,4)5/h11-12,15-19,30,37H,6,8-10,13-14,20H2,1-5,7H3. The Hall–Kier alpha value is -3.41. The molecule has 228 valence electrons. The fourth-order valence-electron chi connectivity index (χ4n) is 4.11. The number of rotatable bonds is 14. The molecule has 1 N–H and O–H groups in total. The van der Waals surface area contributed by atoms with E-state index in [9.17, 15) is 13.7 Å². The van der Waals surface area contributed by atoms with Crippen molar-refractivity contribution < 1.29 is 27.9 Å². The second kappa shape index (κ2) is 14.7. The molecule has 1 aromatic heterocycles. The summed E-state index contributed by atoms with van der Waals surface area (Å²) >= 11 is 0. The van der Waals surface area contributed by atoms with Gasteiger partial charge in [0.05, 0.1) is 45.7 Å². The molecule has 3 rings (SSSR count). The molecule has 0 saturated carbocycles. The Bertz CT molecular complexity index is 1500. The van der Waals surface area contributed by atoms with Crippen LogP contribution in [0, 0.1) is 19.7 Å². The zero-order chi connectivity index (χ0) is 30.9. The van der Waals surface area contributed by atoms with Crippen molar-refractivity contribution in [2.24, 2.45) is 9.36 Å². The van der Waals surface area contributed by atoms with Crippen molar-refractivity contribution in [2.75, 3.05) is 19.5 Å². The zero-order valence-corrected chi connectivity index (χ0v) is 26.0. The Morgan fingerprint density at radius 3 is 2.48 bits per heavy atom. The van der Waals surface area contributed by atoms with E-state index in [4.69, 9.17) is 14.2 Å². The van der Waals surface area contributed by atoms with Crippen LogP contribution in [0.3, 0.4) is 0 Å². The van der Waals surface area contributed by atoms with Crippen LogP contribution in [0.1, 0.15) is 57.0 Å². The van der Waals surface area contributed by atoms with Crippen LogP contribution in [-0.4, -0.2) is 57.5 Å². The maximum absolute atomic E-state index is 14.4. The van der Waals surface area contributed by atoms with Crippen LogP contribution in [0.25, 0.3) is 11.3 Å². The lowest BCUT2D eigenvalue weighted by Gasteiger charge is -2.22. The zero-order valence-electron chi connectivity index (χ0n) is 25.2. The number of aryl methyl sites for hydroxylation is 2. The molecule has 2 atom stereocenters. The van der Waals surface area contributed by atoms with Crippen LogP contribution in [-0.2, 0) is 20.2 Å². The first-order valence-corrected chi connectivity index (χ1v) is 15.9. The SMILES string of the molecule is C=Nc1cc(CS(C)(=O)=NC(O)OC(C)(C)C)cc(OCCCCCOc2cc(-c3nc(C)ncc3C)ccc2F)c1. The summed E-state index contributed by atoms with van der Waals surface area (Å²) in [5, 5.41) is 10.1. The minimum atomic E-state index is -2.80. The van der Waals surface area contributed by atoms with Gasteiger partial charge in [-0.3, -0.25) is 4.99 Å². The van der Waals surface area contributed by atoms with Crippen molar-refractivity contribution in [3.8, 4) is 22.8 Å². The minimum absolute atomic E-state index is 0.0861. The number of aliphatic imine (C=N–C) groups is 1. The van der Waals surface area contributed by atoms with E-state index < -0.39 is 27.6 Å². The molecule has 2 unspecified atom stereocenters. The maximum atomic E-state index is 14.4. The lowest BCUT2D eigenvalue weighted by molar-refractivity contribution is -0.158. The van der Waals surface area contributed by atoms with Crippen LogP contribution in [0.2, 0.25) is 0 Å². The van der Waals surface area contributed by atoms with Gasteiger partial charge in [0.1, 0.15) is 11.6 Å². The van der Waals surface area contributed by atoms with Crippen molar-refractivity contribution in [1.29, 1.82) is 0 Å². The molecule has 0 fully saturated rings. The van der Waals surface area contributed by atoms with Crippen LogP contribution >= 0.6 is 0 Å². The number of nitrogens with zero attached hydrogens (tertiary/aromatic N) is 4. The molecule has 0 aliphatic heterocycles. The lowest BCUT2D eigenvalue weighted by Crippen LogP contribution is -2.26. The second-order valence-electron chi connectivity index (χ2n) is 11.1. The number of hydrogen-bond acceptors (Lipinski definition) is 9. The molecule has 1 heterocycles. The van der Waals surface area contributed by atoms with Gasteiger partial charge in [-0.25, -0.2) is 18.6 Å². The summed E-state index contributed by atoms with van der Waals surface area (Å²) in [6.07, 6.45) is 4.01. The molecule has 0 saturated heterocycles. The van der Waals surface area contributed by atoms with Crippen molar-refractivity contribution in [3.05, 3.63) is 65.4 Å². The third-order valence-corrected chi connectivity index (χ3v) is 7.45. The van der Waals surface area contributed by atoms with Crippen molar-refractivity contribution in [3.63, 3.8) is 0 Å². The van der Waals surface area contributed by atoms with E-state index in [0.29, 0.717) is 36.0 Å². The number of hydrogen-bond donors (Lipinski definition) is 1. The van der Waals surface area contributed by atoms with Crippen LogP contribution in [0.5, 0.6) is 11.5 Å². The van der Waals surface area contributed by atoms with Crippen LogP contribution in [0.4, 0.5) is 10.1 Å². The summed E-state index contributed by atoms with van der Waals surface area (Å²) in [4.78, 5) is 12.7. The highest BCUT2D eigenvalue weighted by molar-refractivity contribution is 7.92. The largest absolute Gasteiger partial charge is 0.494 e. The molecule has 3 aromatic rings. The number of benzene rings is 2. The Labute approximate surface area is 248 Å². The molecule has 0 aliphatic carbocycles. The van der Waals surface area contributed by atoms with Gasteiger partial charge < -0.3 is 19.3 Å². The van der Waals surface area contributed by atoms with Gasteiger partial charge in [-0.1, -0.05) is 0 Å². The molecule has 0 amide bonds. The molecule has 0 radical (unpaired) electrons. The topological polar surface area (TPSA) is 115 Å².